The number of allylic oxidation sites excluding steroid dienone is 2. The van der Waals surface area contributed by atoms with E-state index in [-0.39, 0.29) is 53.4 Å². The number of amides is 3. The van der Waals surface area contributed by atoms with E-state index in [4.69, 9.17) is 4.74 Å². The molecule has 6 heteroatoms. The van der Waals surface area contributed by atoms with Gasteiger partial charge in [0.2, 0.25) is 17.7 Å². The van der Waals surface area contributed by atoms with Crippen molar-refractivity contribution in [3.8, 4) is 11.5 Å². The maximum absolute atomic E-state index is 13.1. The summed E-state index contributed by atoms with van der Waals surface area (Å²) in [6, 6.07) is 15.1. The molecule has 2 saturated carbocycles. The Kier molecular flexibility index (Phi) is 4.92. The van der Waals surface area contributed by atoms with Gasteiger partial charge in [-0.1, -0.05) is 45.1 Å². The summed E-state index contributed by atoms with van der Waals surface area (Å²) in [5.41, 5.74) is 1.90. The highest BCUT2D eigenvalue weighted by atomic mass is 16.5. The molecule has 6 atom stereocenters. The summed E-state index contributed by atoms with van der Waals surface area (Å²) >= 11 is 0. The molecule has 7 rings (SSSR count). The standard InChI is InChI=1S/C29H30N2O4/c1-29(2,3)16-4-8-18(9-5-16)35-19-10-6-17(7-11-19)30-24(32)15-31-27(33)25-20-12-13-21(23-14-22(20)23)26(25)28(31)34/h4-13,20-23,25-26H,14-15H2,1-3H3,(H,30,32)/t20-,21-,22-,23+,25-,26+/m1/s1. The van der Waals surface area contributed by atoms with E-state index in [0.29, 0.717) is 23.3 Å². The van der Waals surface area contributed by atoms with Gasteiger partial charge in [0.05, 0.1) is 11.8 Å². The second kappa shape index (κ2) is 7.80. The molecule has 180 valence electrons. The monoisotopic (exact) mass is 470 g/mol. The van der Waals surface area contributed by atoms with E-state index < -0.39 is 0 Å². The maximum atomic E-state index is 13.1. The molecule has 3 fully saturated rings. The molecule has 0 spiro atoms. The summed E-state index contributed by atoms with van der Waals surface area (Å²) in [5.74, 6) is 1.54. The van der Waals surface area contributed by atoms with Gasteiger partial charge in [0.15, 0.2) is 0 Å². The minimum Gasteiger partial charge on any atom is -0.457 e. The molecule has 2 aromatic rings. The molecule has 35 heavy (non-hydrogen) atoms. The van der Waals surface area contributed by atoms with Gasteiger partial charge < -0.3 is 10.1 Å². The van der Waals surface area contributed by atoms with Crippen molar-refractivity contribution in [3.63, 3.8) is 0 Å². The van der Waals surface area contributed by atoms with Gasteiger partial charge in [-0.3, -0.25) is 19.3 Å². The first-order valence-electron chi connectivity index (χ1n) is 12.4. The number of benzene rings is 2. The molecular weight excluding hydrogens is 440 g/mol. The smallest absolute Gasteiger partial charge is 0.244 e. The average Bonchev–Trinajstić information content (AvgIpc) is 3.61. The van der Waals surface area contributed by atoms with Crippen molar-refractivity contribution in [3.05, 3.63) is 66.2 Å². The van der Waals surface area contributed by atoms with Gasteiger partial charge in [-0.05, 0) is 77.5 Å². The van der Waals surface area contributed by atoms with Crippen LogP contribution in [0.5, 0.6) is 11.5 Å². The van der Waals surface area contributed by atoms with Crippen LogP contribution in [-0.4, -0.2) is 29.2 Å². The summed E-state index contributed by atoms with van der Waals surface area (Å²) < 4.78 is 5.92. The van der Waals surface area contributed by atoms with Crippen LogP contribution >= 0.6 is 0 Å². The lowest BCUT2D eigenvalue weighted by atomic mass is 9.63. The third-order valence-electron chi connectivity index (χ3n) is 8.15. The first kappa shape index (κ1) is 22.1. The Labute approximate surface area is 205 Å². The number of likely N-dealkylation sites (tertiary alicyclic amines) is 1. The van der Waals surface area contributed by atoms with Crippen LogP contribution in [0.15, 0.2) is 60.7 Å². The Morgan fingerprint density at radius 3 is 1.91 bits per heavy atom. The Balaban J connectivity index is 1.07. The Morgan fingerprint density at radius 2 is 1.40 bits per heavy atom. The first-order chi connectivity index (χ1) is 16.7. The Bertz CT molecular complexity index is 1190. The minimum absolute atomic E-state index is 0.0809. The second-order valence-corrected chi connectivity index (χ2v) is 11.4. The fourth-order valence-corrected chi connectivity index (χ4v) is 6.28. The zero-order valence-electron chi connectivity index (χ0n) is 20.2. The van der Waals surface area contributed by atoms with Gasteiger partial charge in [0, 0.05) is 5.69 Å². The largest absolute Gasteiger partial charge is 0.457 e. The zero-order chi connectivity index (χ0) is 24.5. The van der Waals surface area contributed by atoms with E-state index in [1.165, 1.54) is 10.5 Å². The molecule has 1 saturated heterocycles. The number of hydrogen-bond donors (Lipinski definition) is 1. The van der Waals surface area contributed by atoms with E-state index >= 15 is 0 Å². The van der Waals surface area contributed by atoms with Crippen molar-refractivity contribution in [2.45, 2.75) is 32.6 Å². The molecule has 0 unspecified atom stereocenters. The number of nitrogens with one attached hydrogen (secondary N) is 1. The van der Waals surface area contributed by atoms with Crippen LogP contribution in [0.2, 0.25) is 0 Å². The SMILES string of the molecule is CC(C)(C)c1ccc(Oc2ccc(NC(=O)CN3C(=O)[C@@H]4[C@@H]5C=C[C@H]([C@@H]6C[C@H]56)[C@@H]4C3=O)cc2)cc1. The van der Waals surface area contributed by atoms with Crippen LogP contribution in [0.3, 0.4) is 0 Å². The molecule has 1 N–H and O–H groups in total. The van der Waals surface area contributed by atoms with Crippen molar-refractivity contribution in [1.82, 2.24) is 4.90 Å². The van der Waals surface area contributed by atoms with Gasteiger partial charge >= 0.3 is 0 Å². The van der Waals surface area contributed by atoms with E-state index in [0.717, 1.165) is 12.2 Å². The van der Waals surface area contributed by atoms with Crippen LogP contribution < -0.4 is 10.1 Å². The Hall–Kier alpha value is -3.41. The van der Waals surface area contributed by atoms with Crippen LogP contribution in [0.1, 0.15) is 32.8 Å². The number of hydrogen-bond acceptors (Lipinski definition) is 4. The maximum Gasteiger partial charge on any atom is 0.244 e. The van der Waals surface area contributed by atoms with E-state index in [1.54, 1.807) is 24.3 Å². The highest BCUT2D eigenvalue weighted by Crippen LogP contribution is 2.65. The molecule has 1 heterocycles. The lowest BCUT2D eigenvalue weighted by Crippen LogP contribution is -2.40. The number of nitrogens with zero attached hydrogens (tertiary/aromatic N) is 1. The lowest BCUT2D eigenvalue weighted by molar-refractivity contribution is -0.142. The molecule has 1 aliphatic heterocycles. The molecule has 3 amide bonds. The number of anilines is 1. The summed E-state index contributed by atoms with van der Waals surface area (Å²) in [6.07, 6.45) is 5.40. The molecule has 2 aromatic carbocycles. The quantitative estimate of drug-likeness (QED) is 0.505. The fourth-order valence-electron chi connectivity index (χ4n) is 6.28. The van der Waals surface area contributed by atoms with Crippen LogP contribution in [-0.2, 0) is 19.8 Å². The number of imide groups is 1. The highest BCUT2D eigenvalue weighted by Gasteiger charge is 2.67. The van der Waals surface area contributed by atoms with Gasteiger partial charge in [0.25, 0.3) is 0 Å². The summed E-state index contributed by atoms with van der Waals surface area (Å²) in [4.78, 5) is 40.0. The zero-order valence-corrected chi connectivity index (χ0v) is 20.2. The summed E-state index contributed by atoms with van der Waals surface area (Å²) in [7, 11) is 0. The van der Waals surface area contributed by atoms with Gasteiger partial charge in [-0.25, -0.2) is 0 Å². The number of carbonyl (C=O) groups excluding carboxylic acids is 3. The summed E-state index contributed by atoms with van der Waals surface area (Å²) in [6.45, 7) is 6.27. The summed E-state index contributed by atoms with van der Waals surface area (Å²) in [5, 5.41) is 2.81. The van der Waals surface area contributed by atoms with E-state index in [2.05, 4.69) is 50.4 Å². The molecule has 6 nitrogen and oxygen atoms in total. The van der Waals surface area contributed by atoms with Crippen molar-refractivity contribution in [2.24, 2.45) is 35.5 Å². The molecule has 0 radical (unpaired) electrons. The molecule has 5 aliphatic rings. The minimum atomic E-state index is -0.373. The normalized spacial score (nSPS) is 30.2. The number of ether oxygens (including phenoxy) is 1. The van der Waals surface area contributed by atoms with Gasteiger partial charge in [-0.2, -0.15) is 0 Å². The molecule has 2 bridgehead atoms. The Morgan fingerprint density at radius 1 is 0.886 bits per heavy atom. The van der Waals surface area contributed by atoms with Gasteiger partial charge in [0.1, 0.15) is 18.0 Å². The van der Waals surface area contributed by atoms with Crippen molar-refractivity contribution < 1.29 is 19.1 Å². The fraction of sp³-hybridized carbons (Fsp3) is 0.414. The van der Waals surface area contributed by atoms with E-state index in [1.807, 2.05) is 12.1 Å². The van der Waals surface area contributed by atoms with Crippen molar-refractivity contribution in [1.29, 1.82) is 0 Å². The van der Waals surface area contributed by atoms with Gasteiger partial charge in [-0.15, -0.1) is 0 Å². The topological polar surface area (TPSA) is 75.7 Å². The van der Waals surface area contributed by atoms with Crippen LogP contribution in [0, 0.1) is 35.5 Å². The third-order valence-corrected chi connectivity index (χ3v) is 8.15. The predicted molar refractivity (Wildman–Crippen MR) is 132 cm³/mol. The lowest BCUT2D eigenvalue weighted by Gasteiger charge is -2.37. The second-order valence-electron chi connectivity index (χ2n) is 11.4. The van der Waals surface area contributed by atoms with Crippen LogP contribution in [0.25, 0.3) is 0 Å². The molecule has 0 aromatic heterocycles. The number of rotatable bonds is 5. The average molecular weight is 471 g/mol. The van der Waals surface area contributed by atoms with Crippen molar-refractivity contribution in [2.75, 3.05) is 11.9 Å². The molecular formula is C29H30N2O4. The number of carbonyl (C=O) groups is 3. The van der Waals surface area contributed by atoms with Crippen molar-refractivity contribution >= 4 is 23.4 Å². The molecule has 4 aliphatic carbocycles. The van der Waals surface area contributed by atoms with Crippen LogP contribution in [0.4, 0.5) is 5.69 Å². The predicted octanol–water partition coefficient (Wildman–Crippen LogP) is 4.77. The highest BCUT2D eigenvalue weighted by molar-refractivity contribution is 6.09. The van der Waals surface area contributed by atoms with E-state index in [9.17, 15) is 14.4 Å². The third kappa shape index (κ3) is 3.76. The first-order valence-corrected chi connectivity index (χ1v) is 12.4.